The van der Waals surface area contributed by atoms with Gasteiger partial charge in [0.2, 0.25) is 20.0 Å². The van der Waals surface area contributed by atoms with Gasteiger partial charge in [-0.15, -0.1) is 0 Å². The molecular weight excluding hydrogens is 393 g/mol. The average Bonchev–Trinajstić information content (AvgIpc) is 2.53. The van der Waals surface area contributed by atoms with E-state index in [0.29, 0.717) is 11.6 Å². The highest BCUT2D eigenvalue weighted by Gasteiger charge is 2.32. The molecule has 0 saturated heterocycles. The van der Waals surface area contributed by atoms with Crippen molar-refractivity contribution < 1.29 is 30.0 Å². The zero-order valence-corrected chi connectivity index (χ0v) is 15.0. The zero-order chi connectivity index (χ0) is 19.8. The van der Waals surface area contributed by atoms with Gasteiger partial charge in [-0.05, 0) is 42.8 Å². The molecule has 1 atom stereocenters. The van der Waals surface area contributed by atoms with Crippen LogP contribution in [0.4, 0.5) is 13.2 Å². The van der Waals surface area contributed by atoms with Crippen LogP contribution in [0.25, 0.3) is 0 Å². The molecule has 2 rings (SSSR count). The first-order chi connectivity index (χ1) is 11.8. The summed E-state index contributed by atoms with van der Waals surface area (Å²) in [5.74, 6) is 0. The fraction of sp³-hybridized carbons (Fsp3) is 0.200. The van der Waals surface area contributed by atoms with Gasteiger partial charge in [0.25, 0.3) is 0 Å². The van der Waals surface area contributed by atoms with Crippen LogP contribution in [0.1, 0.15) is 24.1 Å². The summed E-state index contributed by atoms with van der Waals surface area (Å²) in [4.78, 5) is -0.672. The summed E-state index contributed by atoms with van der Waals surface area (Å²) < 4.78 is 87.6. The number of nitrogens with two attached hydrogens (primary N) is 1. The Balaban J connectivity index is 2.26. The minimum atomic E-state index is -4.67. The molecule has 0 aromatic heterocycles. The molecule has 0 fully saturated rings. The van der Waals surface area contributed by atoms with Crippen molar-refractivity contribution in [1.29, 1.82) is 0 Å². The fourth-order valence-corrected chi connectivity index (χ4v) is 3.95. The molecule has 0 saturated carbocycles. The summed E-state index contributed by atoms with van der Waals surface area (Å²) in [5, 5.41) is 4.98. The molecule has 0 bridgehead atoms. The predicted octanol–water partition coefficient (Wildman–Crippen LogP) is 2.39. The van der Waals surface area contributed by atoms with Crippen LogP contribution in [0.15, 0.2) is 58.3 Å². The number of sulfonamides is 2. The van der Waals surface area contributed by atoms with Crippen molar-refractivity contribution >= 4 is 20.0 Å². The maximum Gasteiger partial charge on any atom is 0.416 e. The fourth-order valence-electron chi connectivity index (χ4n) is 2.15. The Morgan fingerprint density at radius 1 is 0.962 bits per heavy atom. The topological polar surface area (TPSA) is 106 Å². The van der Waals surface area contributed by atoms with E-state index < -0.39 is 42.7 Å². The molecule has 26 heavy (non-hydrogen) atoms. The average molecular weight is 408 g/mol. The van der Waals surface area contributed by atoms with Gasteiger partial charge in [-0.1, -0.05) is 18.2 Å². The van der Waals surface area contributed by atoms with E-state index in [-0.39, 0.29) is 4.90 Å². The summed E-state index contributed by atoms with van der Waals surface area (Å²) in [7, 11) is -8.11. The van der Waals surface area contributed by atoms with Crippen molar-refractivity contribution in [2.75, 3.05) is 0 Å². The van der Waals surface area contributed by atoms with Crippen molar-refractivity contribution in [2.45, 2.75) is 28.9 Å². The molecule has 0 aliphatic carbocycles. The Hall–Kier alpha value is -1.95. The first-order valence-electron chi connectivity index (χ1n) is 7.13. The smallest absolute Gasteiger partial charge is 0.225 e. The lowest BCUT2D eigenvalue weighted by Crippen LogP contribution is -2.27. The SMILES string of the molecule is C[C@@H](NS(=O)(=O)c1cccc(C(F)(F)F)c1)c1ccc(S(N)(=O)=O)cc1. The Labute approximate surface area is 148 Å². The molecule has 0 amide bonds. The monoisotopic (exact) mass is 408 g/mol. The molecule has 2 aromatic carbocycles. The van der Waals surface area contributed by atoms with Gasteiger partial charge in [0.1, 0.15) is 0 Å². The van der Waals surface area contributed by atoms with Crippen LogP contribution in [-0.4, -0.2) is 16.8 Å². The van der Waals surface area contributed by atoms with Gasteiger partial charge >= 0.3 is 6.18 Å². The summed E-state index contributed by atoms with van der Waals surface area (Å²) >= 11 is 0. The van der Waals surface area contributed by atoms with E-state index in [1.54, 1.807) is 0 Å². The lowest BCUT2D eigenvalue weighted by molar-refractivity contribution is -0.137. The summed E-state index contributed by atoms with van der Waals surface area (Å²) in [6, 6.07) is 7.69. The number of benzene rings is 2. The quantitative estimate of drug-likeness (QED) is 0.792. The Bertz CT molecular complexity index is 1000. The van der Waals surface area contributed by atoms with Crippen LogP contribution >= 0.6 is 0 Å². The third-order valence-electron chi connectivity index (χ3n) is 3.51. The van der Waals surface area contributed by atoms with Gasteiger partial charge < -0.3 is 0 Å². The minimum absolute atomic E-state index is 0.144. The van der Waals surface area contributed by atoms with Gasteiger partial charge in [0, 0.05) is 6.04 Å². The van der Waals surface area contributed by atoms with Gasteiger partial charge in [0.15, 0.2) is 0 Å². The Kier molecular flexibility index (Phi) is 5.47. The highest BCUT2D eigenvalue weighted by atomic mass is 32.2. The molecule has 3 N–H and O–H groups in total. The Morgan fingerprint density at radius 2 is 1.54 bits per heavy atom. The lowest BCUT2D eigenvalue weighted by atomic mass is 10.1. The number of rotatable bonds is 5. The van der Waals surface area contributed by atoms with Crippen molar-refractivity contribution in [1.82, 2.24) is 4.72 Å². The first-order valence-corrected chi connectivity index (χ1v) is 10.2. The van der Waals surface area contributed by atoms with E-state index in [9.17, 15) is 30.0 Å². The zero-order valence-electron chi connectivity index (χ0n) is 13.4. The van der Waals surface area contributed by atoms with E-state index in [4.69, 9.17) is 5.14 Å². The molecule has 2 aromatic rings. The molecule has 6 nitrogen and oxygen atoms in total. The van der Waals surface area contributed by atoms with Crippen LogP contribution in [-0.2, 0) is 26.2 Å². The van der Waals surface area contributed by atoms with Crippen LogP contribution < -0.4 is 9.86 Å². The van der Waals surface area contributed by atoms with Crippen LogP contribution in [0.5, 0.6) is 0 Å². The maximum absolute atomic E-state index is 12.7. The Morgan fingerprint density at radius 3 is 2.04 bits per heavy atom. The summed E-state index contributed by atoms with van der Waals surface area (Å²) in [6.07, 6.45) is -4.67. The second-order valence-electron chi connectivity index (χ2n) is 5.48. The molecule has 0 radical (unpaired) electrons. The number of nitrogens with one attached hydrogen (secondary N) is 1. The second-order valence-corrected chi connectivity index (χ2v) is 8.76. The summed E-state index contributed by atoms with van der Waals surface area (Å²) in [5.41, 5.74) is -0.668. The molecule has 0 aliphatic rings. The molecule has 0 spiro atoms. The van der Waals surface area contributed by atoms with Gasteiger partial charge in [-0.3, -0.25) is 0 Å². The standard InChI is InChI=1S/C15H15F3N2O4S2/c1-10(11-5-7-13(8-6-11)25(19,21)22)20-26(23,24)14-4-2-3-12(9-14)15(16,17)18/h2-10,20H,1H3,(H2,19,21,22)/t10-/m1/s1. The first kappa shape index (κ1) is 20.4. The lowest BCUT2D eigenvalue weighted by Gasteiger charge is -2.16. The number of hydrogen-bond donors (Lipinski definition) is 2. The molecule has 11 heteroatoms. The highest BCUT2D eigenvalue weighted by Crippen LogP contribution is 2.30. The van der Waals surface area contributed by atoms with Gasteiger partial charge in [-0.25, -0.2) is 26.7 Å². The van der Waals surface area contributed by atoms with Crippen LogP contribution in [0, 0.1) is 0 Å². The number of primary sulfonamides is 1. The number of halogens is 3. The van der Waals surface area contributed by atoms with Crippen molar-refractivity contribution in [3.63, 3.8) is 0 Å². The predicted molar refractivity (Wildman–Crippen MR) is 88.0 cm³/mol. The van der Waals surface area contributed by atoms with Crippen LogP contribution in [0.3, 0.4) is 0 Å². The van der Waals surface area contributed by atoms with Crippen molar-refractivity contribution in [3.05, 3.63) is 59.7 Å². The largest absolute Gasteiger partial charge is 0.416 e. The second kappa shape index (κ2) is 6.99. The molecule has 142 valence electrons. The van der Waals surface area contributed by atoms with Crippen molar-refractivity contribution in [2.24, 2.45) is 5.14 Å². The molecule has 0 heterocycles. The van der Waals surface area contributed by atoms with E-state index in [1.807, 2.05) is 0 Å². The van der Waals surface area contributed by atoms with E-state index >= 15 is 0 Å². The normalized spacial score (nSPS) is 14.2. The van der Waals surface area contributed by atoms with Gasteiger partial charge in [0.05, 0.1) is 15.4 Å². The van der Waals surface area contributed by atoms with E-state index in [1.165, 1.54) is 31.2 Å². The molecule has 0 aliphatic heterocycles. The third-order valence-corrected chi connectivity index (χ3v) is 5.98. The molecule has 0 unspecified atom stereocenters. The summed E-state index contributed by atoms with van der Waals surface area (Å²) in [6.45, 7) is 1.47. The van der Waals surface area contributed by atoms with E-state index in [2.05, 4.69) is 4.72 Å². The minimum Gasteiger partial charge on any atom is -0.225 e. The van der Waals surface area contributed by atoms with Gasteiger partial charge in [-0.2, -0.15) is 13.2 Å². The number of hydrogen-bond acceptors (Lipinski definition) is 4. The third kappa shape index (κ3) is 4.81. The van der Waals surface area contributed by atoms with Crippen molar-refractivity contribution in [3.8, 4) is 0 Å². The number of alkyl halides is 3. The maximum atomic E-state index is 12.7. The highest BCUT2D eigenvalue weighted by molar-refractivity contribution is 7.89. The van der Waals surface area contributed by atoms with Crippen LogP contribution in [0.2, 0.25) is 0 Å². The van der Waals surface area contributed by atoms with E-state index in [0.717, 1.165) is 18.2 Å². The molecular formula is C15H15F3N2O4S2.